The number of phenolic OH excluding ortho intramolecular Hbond substituents is 1. The summed E-state index contributed by atoms with van der Waals surface area (Å²) < 4.78 is 26.2. The van der Waals surface area contributed by atoms with Crippen molar-refractivity contribution < 1.29 is 19.0 Å². The SMILES string of the molecule is COc1cc(-c2cc(O)c(-c3ccc(O[C@H]4C[C@]5(C)CCC[C@](C)(C4)N5)nn3)cc2F)cnn1. The van der Waals surface area contributed by atoms with E-state index in [1.165, 1.54) is 31.9 Å². The van der Waals surface area contributed by atoms with Crippen LogP contribution in [0.2, 0.25) is 0 Å². The third-order valence-electron chi connectivity index (χ3n) is 6.86. The number of hydrogen-bond donors (Lipinski definition) is 2. The maximum atomic E-state index is 14.9. The van der Waals surface area contributed by atoms with E-state index in [2.05, 4.69) is 39.6 Å². The molecule has 0 radical (unpaired) electrons. The lowest BCUT2D eigenvalue weighted by Gasteiger charge is -2.53. The Morgan fingerprint density at radius 1 is 1.00 bits per heavy atom. The highest BCUT2D eigenvalue weighted by Crippen LogP contribution is 2.41. The van der Waals surface area contributed by atoms with E-state index in [0.29, 0.717) is 17.1 Å². The van der Waals surface area contributed by atoms with Crippen molar-refractivity contribution in [2.75, 3.05) is 7.11 Å². The van der Waals surface area contributed by atoms with Crippen LogP contribution in [0, 0.1) is 5.82 Å². The Labute approximate surface area is 197 Å². The van der Waals surface area contributed by atoms with Gasteiger partial charge in [0.1, 0.15) is 17.7 Å². The Bertz CT molecular complexity index is 1190. The van der Waals surface area contributed by atoms with Crippen molar-refractivity contribution in [3.8, 4) is 39.9 Å². The highest BCUT2D eigenvalue weighted by molar-refractivity contribution is 5.74. The molecule has 4 heterocycles. The fraction of sp³-hybridized carbons (Fsp3) is 0.440. The van der Waals surface area contributed by atoms with Crippen molar-refractivity contribution in [3.05, 3.63) is 42.3 Å². The van der Waals surface area contributed by atoms with Crippen LogP contribution in [-0.4, -0.2) is 49.8 Å². The molecule has 2 fully saturated rings. The van der Waals surface area contributed by atoms with Crippen LogP contribution in [0.15, 0.2) is 36.5 Å². The number of fused-ring (bicyclic) bond motifs is 2. The molecule has 0 aliphatic carbocycles. The predicted octanol–water partition coefficient (Wildman–Crippen LogP) is 4.29. The first-order chi connectivity index (χ1) is 16.3. The molecule has 2 aliphatic heterocycles. The maximum Gasteiger partial charge on any atom is 0.233 e. The van der Waals surface area contributed by atoms with Gasteiger partial charge in [-0.1, -0.05) is 0 Å². The zero-order valence-electron chi connectivity index (χ0n) is 19.5. The minimum absolute atomic E-state index is 0.0489. The van der Waals surface area contributed by atoms with E-state index in [1.807, 2.05) is 0 Å². The van der Waals surface area contributed by atoms with Gasteiger partial charge in [-0.25, -0.2) is 4.39 Å². The number of phenols is 1. The highest BCUT2D eigenvalue weighted by Gasteiger charge is 2.46. The summed E-state index contributed by atoms with van der Waals surface area (Å²) in [5.74, 6) is 0.0182. The maximum absolute atomic E-state index is 14.9. The summed E-state index contributed by atoms with van der Waals surface area (Å²) in [7, 11) is 1.45. The number of aromatic nitrogens is 4. The summed E-state index contributed by atoms with van der Waals surface area (Å²) in [5.41, 5.74) is 1.36. The van der Waals surface area contributed by atoms with E-state index in [9.17, 15) is 9.50 Å². The Morgan fingerprint density at radius 3 is 2.44 bits per heavy atom. The van der Waals surface area contributed by atoms with Gasteiger partial charge >= 0.3 is 0 Å². The fourth-order valence-electron chi connectivity index (χ4n) is 5.47. The quantitative estimate of drug-likeness (QED) is 0.576. The van der Waals surface area contributed by atoms with Gasteiger partial charge in [-0.05, 0) is 51.3 Å². The smallest absolute Gasteiger partial charge is 0.233 e. The number of benzene rings is 1. The molecule has 34 heavy (non-hydrogen) atoms. The van der Waals surface area contributed by atoms with Crippen molar-refractivity contribution in [2.45, 2.75) is 63.1 Å². The molecule has 2 bridgehead atoms. The number of ether oxygens (including phenoxy) is 2. The zero-order valence-corrected chi connectivity index (χ0v) is 19.5. The van der Waals surface area contributed by atoms with Crippen LogP contribution in [0.3, 0.4) is 0 Å². The molecule has 0 unspecified atom stereocenters. The second-order valence-electron chi connectivity index (χ2n) is 9.84. The molecule has 1 aromatic carbocycles. The molecule has 0 amide bonds. The van der Waals surface area contributed by atoms with E-state index in [0.717, 1.165) is 25.7 Å². The molecule has 0 saturated carbocycles. The molecule has 2 saturated heterocycles. The summed E-state index contributed by atoms with van der Waals surface area (Å²) in [5, 5.41) is 30.4. The molecule has 2 aromatic heterocycles. The number of rotatable bonds is 5. The number of nitrogens with one attached hydrogen (secondary N) is 1. The van der Waals surface area contributed by atoms with Gasteiger partial charge in [0.2, 0.25) is 11.8 Å². The molecule has 3 aromatic rings. The second-order valence-corrected chi connectivity index (χ2v) is 9.84. The highest BCUT2D eigenvalue weighted by atomic mass is 19.1. The lowest BCUT2D eigenvalue weighted by molar-refractivity contribution is 0.00726. The van der Waals surface area contributed by atoms with Gasteiger partial charge in [0.15, 0.2) is 0 Å². The topological polar surface area (TPSA) is 102 Å². The Hall–Kier alpha value is -3.33. The van der Waals surface area contributed by atoms with Crippen LogP contribution in [0.1, 0.15) is 46.0 Å². The first-order valence-corrected chi connectivity index (χ1v) is 11.5. The molecule has 2 N–H and O–H groups in total. The van der Waals surface area contributed by atoms with Gasteiger partial charge in [0, 0.05) is 52.7 Å². The molecule has 178 valence electrons. The number of hydrogen-bond acceptors (Lipinski definition) is 8. The normalized spacial score (nSPS) is 26.2. The van der Waals surface area contributed by atoms with Crippen LogP contribution in [0.25, 0.3) is 22.4 Å². The minimum atomic E-state index is -0.535. The molecule has 2 aliphatic rings. The number of methoxy groups -OCH3 is 1. The van der Waals surface area contributed by atoms with Crippen molar-refractivity contribution in [2.24, 2.45) is 0 Å². The Balaban J connectivity index is 1.35. The number of halogens is 1. The summed E-state index contributed by atoms with van der Waals surface area (Å²) >= 11 is 0. The Kier molecular flexibility index (Phi) is 5.59. The first kappa shape index (κ1) is 22.5. The van der Waals surface area contributed by atoms with E-state index in [4.69, 9.17) is 9.47 Å². The fourth-order valence-corrected chi connectivity index (χ4v) is 5.47. The van der Waals surface area contributed by atoms with Crippen molar-refractivity contribution in [1.29, 1.82) is 0 Å². The molecule has 0 spiro atoms. The van der Waals surface area contributed by atoms with Gasteiger partial charge in [-0.15, -0.1) is 15.3 Å². The predicted molar refractivity (Wildman–Crippen MR) is 124 cm³/mol. The van der Waals surface area contributed by atoms with E-state index >= 15 is 0 Å². The van der Waals surface area contributed by atoms with E-state index in [-0.39, 0.29) is 39.9 Å². The van der Waals surface area contributed by atoms with Crippen molar-refractivity contribution in [1.82, 2.24) is 25.7 Å². The molecule has 8 nitrogen and oxygen atoms in total. The summed E-state index contributed by atoms with van der Waals surface area (Å²) in [6, 6.07) is 7.51. The van der Waals surface area contributed by atoms with E-state index in [1.54, 1.807) is 18.2 Å². The molecular formula is C25H28FN5O3. The minimum Gasteiger partial charge on any atom is -0.507 e. The average Bonchev–Trinajstić information content (AvgIpc) is 2.79. The summed E-state index contributed by atoms with van der Waals surface area (Å²) in [4.78, 5) is 0. The third kappa shape index (κ3) is 4.40. The standard InChI is InChI=1S/C25H28FN5O3/c1-24-7-4-8-25(2,31-24)13-16(12-24)34-22-6-5-20(28-30-22)18-10-19(26)17(11-21(18)32)15-9-23(33-3)29-27-14-15/h5-6,9-11,14,16,31-32H,4,7-8,12-13H2,1-3H3/t16-,24-,25+. The third-order valence-corrected chi connectivity index (χ3v) is 6.86. The largest absolute Gasteiger partial charge is 0.507 e. The first-order valence-electron chi connectivity index (χ1n) is 11.5. The van der Waals surface area contributed by atoms with Gasteiger partial charge in [0.25, 0.3) is 0 Å². The van der Waals surface area contributed by atoms with Crippen LogP contribution < -0.4 is 14.8 Å². The number of aromatic hydroxyl groups is 1. The van der Waals surface area contributed by atoms with Gasteiger partial charge in [-0.2, -0.15) is 5.10 Å². The lowest BCUT2D eigenvalue weighted by Crippen LogP contribution is -2.65. The van der Waals surface area contributed by atoms with Crippen molar-refractivity contribution in [3.63, 3.8) is 0 Å². The van der Waals surface area contributed by atoms with E-state index < -0.39 is 5.82 Å². The Morgan fingerprint density at radius 2 is 1.76 bits per heavy atom. The summed E-state index contributed by atoms with van der Waals surface area (Å²) in [6.45, 7) is 4.52. The van der Waals surface area contributed by atoms with Crippen LogP contribution in [-0.2, 0) is 0 Å². The van der Waals surface area contributed by atoms with Gasteiger partial charge < -0.3 is 19.9 Å². The lowest BCUT2D eigenvalue weighted by atomic mass is 9.70. The number of nitrogens with zero attached hydrogens (tertiary/aromatic N) is 4. The molecular weight excluding hydrogens is 437 g/mol. The van der Waals surface area contributed by atoms with Gasteiger partial charge in [0.05, 0.1) is 19.0 Å². The van der Waals surface area contributed by atoms with Crippen LogP contribution >= 0.6 is 0 Å². The second kappa shape index (κ2) is 8.47. The monoisotopic (exact) mass is 465 g/mol. The van der Waals surface area contributed by atoms with Gasteiger partial charge in [-0.3, -0.25) is 0 Å². The molecule has 3 atom stereocenters. The summed E-state index contributed by atoms with van der Waals surface area (Å²) in [6.07, 6.45) is 6.77. The van der Waals surface area contributed by atoms with Crippen LogP contribution in [0.4, 0.5) is 4.39 Å². The number of piperidine rings is 2. The average molecular weight is 466 g/mol. The molecule has 9 heteroatoms. The zero-order chi connectivity index (χ0) is 23.9. The molecule has 5 rings (SSSR count). The van der Waals surface area contributed by atoms with Crippen molar-refractivity contribution >= 4 is 0 Å². The van der Waals surface area contributed by atoms with Crippen LogP contribution in [0.5, 0.6) is 17.5 Å².